The number of nitrogens with one attached hydrogen (secondary N) is 2. The van der Waals surface area contributed by atoms with Crippen molar-refractivity contribution in [3.63, 3.8) is 0 Å². The average molecular weight is 408 g/mol. The van der Waals surface area contributed by atoms with E-state index in [0.29, 0.717) is 25.9 Å². The number of rotatable bonds is 7. The summed E-state index contributed by atoms with van der Waals surface area (Å²) in [7, 11) is 1.56. The Labute approximate surface area is 161 Å². The molecule has 11 heteroatoms. The van der Waals surface area contributed by atoms with E-state index in [4.69, 9.17) is 4.74 Å². The first-order valence-electron chi connectivity index (χ1n) is 7.25. The largest absolute Gasteiger partial charge is 0.497 e. The number of ether oxygens (including phenoxy) is 1. The van der Waals surface area contributed by atoms with E-state index in [1.54, 1.807) is 43.0 Å². The van der Waals surface area contributed by atoms with Gasteiger partial charge in [-0.2, -0.15) is 0 Å². The Kier molecular flexibility index (Phi) is 6.15. The minimum Gasteiger partial charge on any atom is -0.497 e. The Morgan fingerprint density at radius 2 is 1.96 bits per heavy atom. The van der Waals surface area contributed by atoms with Crippen molar-refractivity contribution in [1.82, 2.24) is 15.2 Å². The highest BCUT2D eigenvalue weighted by Gasteiger charge is 2.12. The number of nitrogens with zero attached hydrogens (tertiary/aromatic N) is 3. The molecule has 3 rings (SSSR count). The summed E-state index contributed by atoms with van der Waals surface area (Å²) in [6.45, 7) is 0. The van der Waals surface area contributed by atoms with Crippen LogP contribution in [0.5, 0.6) is 5.75 Å². The number of methoxy groups -OCH3 is 1. The van der Waals surface area contributed by atoms with Crippen LogP contribution in [-0.2, 0) is 4.79 Å². The van der Waals surface area contributed by atoms with Crippen LogP contribution in [0.3, 0.4) is 0 Å². The van der Waals surface area contributed by atoms with Crippen LogP contribution in [0, 0.1) is 0 Å². The zero-order chi connectivity index (χ0) is 18.4. The third kappa shape index (κ3) is 5.00. The molecular formula is C15H13N5O3S3. The minimum atomic E-state index is -0.290. The fourth-order valence-electron chi connectivity index (χ4n) is 1.80. The van der Waals surface area contributed by atoms with Gasteiger partial charge in [0, 0.05) is 17.1 Å². The van der Waals surface area contributed by atoms with Crippen LogP contribution in [0.4, 0.5) is 10.3 Å². The van der Waals surface area contributed by atoms with Crippen molar-refractivity contribution in [3.05, 3.63) is 41.4 Å². The Hall–Kier alpha value is -2.50. The predicted octanol–water partition coefficient (Wildman–Crippen LogP) is 2.99. The van der Waals surface area contributed by atoms with Gasteiger partial charge in [-0.1, -0.05) is 23.1 Å². The van der Waals surface area contributed by atoms with Crippen LogP contribution < -0.4 is 15.4 Å². The second kappa shape index (κ2) is 8.74. The molecular weight excluding hydrogens is 394 g/mol. The third-order valence-electron chi connectivity index (χ3n) is 2.98. The van der Waals surface area contributed by atoms with E-state index in [1.165, 1.54) is 34.4 Å². The SMILES string of the molecule is COc1ccc(C(=O)Nc2nnc(SCC(=O)Nc3nccs3)s2)cc1. The number of thioether (sulfide) groups is 1. The maximum atomic E-state index is 12.2. The number of amides is 2. The molecule has 0 saturated carbocycles. The lowest BCUT2D eigenvalue weighted by atomic mass is 10.2. The first-order chi connectivity index (χ1) is 12.6. The first-order valence-corrected chi connectivity index (χ1v) is 9.93. The van der Waals surface area contributed by atoms with E-state index in [2.05, 4.69) is 25.8 Å². The van der Waals surface area contributed by atoms with Crippen molar-refractivity contribution < 1.29 is 14.3 Å². The van der Waals surface area contributed by atoms with Gasteiger partial charge in [0.15, 0.2) is 9.47 Å². The summed E-state index contributed by atoms with van der Waals surface area (Å²) in [5.74, 6) is 0.388. The highest BCUT2D eigenvalue weighted by molar-refractivity contribution is 8.01. The summed E-state index contributed by atoms with van der Waals surface area (Å²) in [5, 5.41) is 16.0. The second-order valence-electron chi connectivity index (χ2n) is 4.73. The van der Waals surface area contributed by atoms with Gasteiger partial charge in [-0.3, -0.25) is 14.9 Å². The van der Waals surface area contributed by atoms with Gasteiger partial charge in [-0.05, 0) is 24.3 Å². The zero-order valence-corrected chi connectivity index (χ0v) is 15.9. The molecule has 0 spiro atoms. The highest BCUT2D eigenvalue weighted by atomic mass is 32.2. The molecule has 2 heterocycles. The number of carbonyl (C=O) groups excluding carboxylic acids is 2. The van der Waals surface area contributed by atoms with Crippen LogP contribution >= 0.6 is 34.4 Å². The van der Waals surface area contributed by atoms with Crippen molar-refractivity contribution in [2.24, 2.45) is 0 Å². The lowest BCUT2D eigenvalue weighted by Gasteiger charge is -2.02. The van der Waals surface area contributed by atoms with Gasteiger partial charge in [-0.25, -0.2) is 4.98 Å². The molecule has 0 bridgehead atoms. The number of benzene rings is 1. The first kappa shape index (κ1) is 18.3. The molecule has 8 nitrogen and oxygen atoms in total. The third-order valence-corrected chi connectivity index (χ3v) is 5.65. The van der Waals surface area contributed by atoms with Gasteiger partial charge in [0.1, 0.15) is 5.75 Å². The van der Waals surface area contributed by atoms with Crippen LogP contribution in [0.25, 0.3) is 0 Å². The second-order valence-corrected chi connectivity index (χ2v) is 7.82. The Morgan fingerprint density at radius 3 is 2.65 bits per heavy atom. The van der Waals surface area contributed by atoms with Crippen LogP contribution in [0.2, 0.25) is 0 Å². The quantitative estimate of drug-likeness (QED) is 0.458. The van der Waals surface area contributed by atoms with E-state index in [1.807, 2.05) is 0 Å². The summed E-state index contributed by atoms with van der Waals surface area (Å²) in [6, 6.07) is 6.73. The number of anilines is 2. The van der Waals surface area contributed by atoms with Crippen molar-refractivity contribution >= 4 is 56.5 Å². The molecule has 0 aliphatic rings. The van der Waals surface area contributed by atoms with Gasteiger partial charge in [-0.15, -0.1) is 21.5 Å². The van der Waals surface area contributed by atoms with E-state index >= 15 is 0 Å². The Morgan fingerprint density at radius 1 is 1.15 bits per heavy atom. The number of carbonyl (C=O) groups is 2. The monoisotopic (exact) mass is 407 g/mol. The molecule has 0 atom stereocenters. The van der Waals surface area contributed by atoms with Crippen molar-refractivity contribution in [2.75, 3.05) is 23.5 Å². The van der Waals surface area contributed by atoms with Crippen molar-refractivity contribution in [2.45, 2.75) is 4.34 Å². The fraction of sp³-hybridized carbons (Fsp3) is 0.133. The molecule has 2 N–H and O–H groups in total. The maximum Gasteiger partial charge on any atom is 0.257 e. The van der Waals surface area contributed by atoms with Crippen molar-refractivity contribution in [3.8, 4) is 5.75 Å². The van der Waals surface area contributed by atoms with E-state index in [-0.39, 0.29) is 17.6 Å². The number of hydrogen-bond donors (Lipinski definition) is 2. The van der Waals surface area contributed by atoms with Gasteiger partial charge in [0.25, 0.3) is 5.91 Å². The predicted molar refractivity (Wildman–Crippen MR) is 102 cm³/mol. The smallest absolute Gasteiger partial charge is 0.257 e. The Bertz CT molecular complexity index is 880. The van der Waals surface area contributed by atoms with Gasteiger partial charge < -0.3 is 10.1 Å². The van der Waals surface area contributed by atoms with Gasteiger partial charge in [0.2, 0.25) is 11.0 Å². The molecule has 0 unspecified atom stereocenters. The van der Waals surface area contributed by atoms with Crippen LogP contribution in [-0.4, -0.2) is 39.9 Å². The number of hydrogen-bond acceptors (Lipinski definition) is 9. The summed E-state index contributed by atoms with van der Waals surface area (Å²) in [4.78, 5) is 28.0. The standard InChI is InChI=1S/C15H13N5O3S3/c1-23-10-4-2-9(3-5-10)12(22)18-14-19-20-15(26-14)25-8-11(21)17-13-16-6-7-24-13/h2-7H,8H2,1H3,(H,16,17,21)(H,18,19,22). The molecule has 0 fully saturated rings. The molecule has 0 aliphatic carbocycles. The summed E-state index contributed by atoms with van der Waals surface area (Å²) >= 11 is 3.80. The lowest BCUT2D eigenvalue weighted by molar-refractivity contribution is -0.113. The van der Waals surface area contributed by atoms with Crippen LogP contribution in [0.15, 0.2) is 40.2 Å². The Balaban J connectivity index is 1.50. The molecule has 2 aromatic heterocycles. The summed E-state index contributed by atoms with van der Waals surface area (Å²) in [5.41, 5.74) is 0.484. The van der Waals surface area contributed by atoms with Crippen molar-refractivity contribution in [1.29, 1.82) is 0 Å². The van der Waals surface area contributed by atoms with E-state index < -0.39 is 0 Å². The minimum absolute atomic E-state index is 0.177. The summed E-state index contributed by atoms with van der Waals surface area (Å²) < 4.78 is 5.65. The van der Waals surface area contributed by atoms with Gasteiger partial charge >= 0.3 is 0 Å². The topological polar surface area (TPSA) is 106 Å². The average Bonchev–Trinajstić information content (AvgIpc) is 3.32. The van der Waals surface area contributed by atoms with Gasteiger partial charge in [0.05, 0.1) is 12.9 Å². The lowest BCUT2D eigenvalue weighted by Crippen LogP contribution is -2.13. The molecule has 0 saturated heterocycles. The number of aromatic nitrogens is 3. The highest BCUT2D eigenvalue weighted by Crippen LogP contribution is 2.26. The molecule has 3 aromatic rings. The number of thiazole rings is 1. The van der Waals surface area contributed by atoms with E-state index in [9.17, 15) is 9.59 Å². The molecule has 1 aromatic carbocycles. The molecule has 26 heavy (non-hydrogen) atoms. The molecule has 2 amide bonds. The molecule has 134 valence electrons. The molecule has 0 radical (unpaired) electrons. The van der Waals surface area contributed by atoms with Crippen LogP contribution in [0.1, 0.15) is 10.4 Å². The summed E-state index contributed by atoms with van der Waals surface area (Å²) in [6.07, 6.45) is 1.62. The fourth-order valence-corrected chi connectivity index (χ4v) is 3.89. The molecule has 0 aliphatic heterocycles. The zero-order valence-electron chi connectivity index (χ0n) is 13.5. The van der Waals surface area contributed by atoms with E-state index in [0.717, 1.165) is 0 Å². The normalized spacial score (nSPS) is 10.3. The maximum absolute atomic E-state index is 12.2.